The number of nitrogens with zero attached hydrogens (tertiary/aromatic N) is 2. The van der Waals surface area contributed by atoms with E-state index >= 15 is 0 Å². The highest BCUT2D eigenvalue weighted by Crippen LogP contribution is 2.41. The fraction of sp³-hybridized carbons (Fsp3) is 0.150. The Morgan fingerprint density at radius 3 is 2.50 bits per heavy atom. The summed E-state index contributed by atoms with van der Waals surface area (Å²) < 4.78 is 32.8. The van der Waals surface area contributed by atoms with Gasteiger partial charge in [-0.3, -0.25) is 9.79 Å². The Hall–Kier alpha value is -3.00. The normalized spacial score (nSPS) is 18.8. The summed E-state index contributed by atoms with van der Waals surface area (Å²) in [6.07, 6.45) is 3.08. The number of carbonyl (C=O) groups excluding carboxylic acids is 1. The molecular weight excluding hydrogens is 384 g/mol. The minimum atomic E-state index is -0.901. The van der Waals surface area contributed by atoms with E-state index in [4.69, 9.17) is 4.42 Å². The summed E-state index contributed by atoms with van der Waals surface area (Å²) >= 11 is 1.56. The van der Waals surface area contributed by atoms with Crippen molar-refractivity contribution in [3.8, 4) is 0 Å². The van der Waals surface area contributed by atoms with E-state index in [-0.39, 0.29) is 11.3 Å². The number of aromatic nitrogens is 1. The predicted octanol–water partition coefficient (Wildman–Crippen LogP) is 4.83. The van der Waals surface area contributed by atoms with E-state index in [1.54, 1.807) is 30.1 Å². The zero-order chi connectivity index (χ0) is 19.7. The van der Waals surface area contributed by atoms with Gasteiger partial charge in [0.25, 0.3) is 11.8 Å². The van der Waals surface area contributed by atoms with Gasteiger partial charge in [0.15, 0.2) is 5.04 Å². The first-order valence-electron chi connectivity index (χ1n) is 8.52. The lowest BCUT2D eigenvalue weighted by atomic mass is 10.1. The van der Waals surface area contributed by atoms with Crippen molar-refractivity contribution in [3.63, 3.8) is 0 Å². The van der Waals surface area contributed by atoms with Gasteiger partial charge in [-0.15, -0.1) is 0 Å². The number of hydrogen-bond donors (Lipinski definition) is 1. The Kier molecular flexibility index (Phi) is 4.95. The van der Waals surface area contributed by atoms with E-state index in [9.17, 15) is 13.6 Å². The molecule has 0 saturated heterocycles. The van der Waals surface area contributed by atoms with E-state index in [1.165, 1.54) is 12.3 Å². The van der Waals surface area contributed by atoms with Gasteiger partial charge in [0.2, 0.25) is 0 Å². The first-order chi connectivity index (χ1) is 13.5. The summed E-state index contributed by atoms with van der Waals surface area (Å²) in [4.78, 5) is 20.9. The number of carbonyl (C=O) groups is 1. The summed E-state index contributed by atoms with van der Waals surface area (Å²) in [5.74, 6) is -2.14. The summed E-state index contributed by atoms with van der Waals surface area (Å²) in [6.45, 7) is 2.00. The molecule has 1 amide bonds. The molecular formula is C20H15F2N3O2S. The zero-order valence-corrected chi connectivity index (χ0v) is 15.5. The lowest BCUT2D eigenvalue weighted by molar-refractivity contribution is 0.101. The number of benzene rings is 2. The highest BCUT2D eigenvalue weighted by molar-refractivity contribution is 8.14. The second-order valence-corrected chi connectivity index (χ2v) is 7.35. The largest absolute Gasteiger partial charge is 0.443 e. The van der Waals surface area contributed by atoms with Crippen molar-refractivity contribution < 1.29 is 18.0 Å². The van der Waals surface area contributed by atoms with Crippen molar-refractivity contribution in [2.24, 2.45) is 4.99 Å². The van der Waals surface area contributed by atoms with Gasteiger partial charge < -0.3 is 9.73 Å². The Labute approximate surface area is 163 Å². The molecule has 1 aromatic heterocycles. The Bertz CT molecular complexity index is 1020. The second-order valence-electron chi connectivity index (χ2n) is 6.22. The van der Waals surface area contributed by atoms with Crippen molar-refractivity contribution in [2.75, 3.05) is 5.32 Å². The van der Waals surface area contributed by atoms with Gasteiger partial charge in [0, 0.05) is 5.69 Å². The van der Waals surface area contributed by atoms with Crippen LogP contribution in [0.1, 0.15) is 34.0 Å². The molecule has 1 N–H and O–H groups in total. The quantitative estimate of drug-likeness (QED) is 0.682. The molecule has 1 aliphatic rings. The SMILES string of the molecule is CC1N=C(c2ncco2)SC1c1ccc(NC(=O)c2c(F)cccc2F)cc1. The number of aliphatic imine (C=N–C) groups is 1. The molecule has 8 heteroatoms. The average molecular weight is 399 g/mol. The molecule has 2 aromatic carbocycles. The van der Waals surface area contributed by atoms with Crippen LogP contribution in [-0.4, -0.2) is 22.0 Å². The highest BCUT2D eigenvalue weighted by Gasteiger charge is 2.30. The number of amides is 1. The molecule has 0 aliphatic carbocycles. The van der Waals surface area contributed by atoms with E-state index in [0.717, 1.165) is 22.7 Å². The molecule has 0 radical (unpaired) electrons. The van der Waals surface area contributed by atoms with Crippen LogP contribution in [0.3, 0.4) is 0 Å². The Morgan fingerprint density at radius 1 is 1.14 bits per heavy atom. The van der Waals surface area contributed by atoms with Crippen LogP contribution >= 0.6 is 11.8 Å². The highest BCUT2D eigenvalue weighted by atomic mass is 32.2. The third kappa shape index (κ3) is 3.55. The molecule has 3 aromatic rings. The van der Waals surface area contributed by atoms with Gasteiger partial charge >= 0.3 is 0 Å². The van der Waals surface area contributed by atoms with Crippen LogP contribution in [0.25, 0.3) is 0 Å². The number of anilines is 1. The van der Waals surface area contributed by atoms with Crippen LogP contribution in [0.5, 0.6) is 0 Å². The summed E-state index contributed by atoms with van der Waals surface area (Å²) in [6, 6.07) is 10.4. The van der Waals surface area contributed by atoms with Gasteiger partial charge in [-0.2, -0.15) is 0 Å². The maximum atomic E-state index is 13.7. The number of halogens is 2. The number of nitrogens with one attached hydrogen (secondary N) is 1. The van der Waals surface area contributed by atoms with Crippen molar-refractivity contribution in [3.05, 3.63) is 83.6 Å². The summed E-state index contributed by atoms with van der Waals surface area (Å²) in [5.41, 5.74) is 0.856. The van der Waals surface area contributed by atoms with Crippen LogP contribution in [-0.2, 0) is 0 Å². The first kappa shape index (κ1) is 18.4. The third-order valence-corrected chi connectivity index (χ3v) is 5.72. The van der Waals surface area contributed by atoms with Crippen LogP contribution in [0.2, 0.25) is 0 Å². The monoisotopic (exact) mass is 399 g/mol. The molecule has 2 atom stereocenters. The number of hydrogen-bond acceptors (Lipinski definition) is 5. The standard InChI is InChI=1S/C20H15F2N3O2S/c1-11-17(28-20(24-11)19-23-9-10-27-19)12-5-7-13(8-6-12)25-18(26)16-14(21)3-2-4-15(16)22/h2-11,17H,1H3,(H,25,26). The fourth-order valence-corrected chi connectivity index (χ4v) is 4.17. The molecule has 4 rings (SSSR count). The van der Waals surface area contributed by atoms with E-state index < -0.39 is 23.1 Å². The van der Waals surface area contributed by atoms with Gasteiger partial charge in [-0.05, 0) is 36.8 Å². The van der Waals surface area contributed by atoms with Crippen LogP contribution in [0.15, 0.2) is 64.3 Å². The molecule has 0 fully saturated rings. The molecule has 2 unspecified atom stereocenters. The molecule has 0 saturated carbocycles. The van der Waals surface area contributed by atoms with Crippen LogP contribution in [0, 0.1) is 11.6 Å². The minimum Gasteiger partial charge on any atom is -0.443 e. The smallest absolute Gasteiger partial charge is 0.261 e. The Balaban J connectivity index is 1.47. The van der Waals surface area contributed by atoms with Crippen LogP contribution < -0.4 is 5.32 Å². The van der Waals surface area contributed by atoms with Gasteiger partial charge in [-0.25, -0.2) is 13.8 Å². The molecule has 0 bridgehead atoms. The topological polar surface area (TPSA) is 67.5 Å². The molecule has 5 nitrogen and oxygen atoms in total. The second kappa shape index (κ2) is 7.55. The first-order valence-corrected chi connectivity index (χ1v) is 9.40. The lowest BCUT2D eigenvalue weighted by Gasteiger charge is -2.14. The van der Waals surface area contributed by atoms with Gasteiger partial charge in [0.1, 0.15) is 23.5 Å². The summed E-state index contributed by atoms with van der Waals surface area (Å²) in [7, 11) is 0. The third-order valence-electron chi connectivity index (χ3n) is 4.30. The van der Waals surface area contributed by atoms with E-state index in [2.05, 4.69) is 15.3 Å². The number of oxazole rings is 1. The molecule has 2 heterocycles. The van der Waals surface area contributed by atoms with Crippen molar-refractivity contribution >= 4 is 28.4 Å². The van der Waals surface area contributed by atoms with Gasteiger partial charge in [0.05, 0.1) is 17.5 Å². The van der Waals surface area contributed by atoms with Crippen molar-refractivity contribution in [2.45, 2.75) is 18.2 Å². The molecule has 28 heavy (non-hydrogen) atoms. The molecule has 1 aliphatic heterocycles. The van der Waals surface area contributed by atoms with Crippen LogP contribution in [0.4, 0.5) is 14.5 Å². The van der Waals surface area contributed by atoms with Crippen molar-refractivity contribution in [1.29, 1.82) is 0 Å². The maximum absolute atomic E-state index is 13.7. The van der Waals surface area contributed by atoms with Gasteiger partial charge in [-0.1, -0.05) is 30.0 Å². The fourth-order valence-electron chi connectivity index (χ4n) is 2.95. The van der Waals surface area contributed by atoms with E-state index in [0.29, 0.717) is 11.6 Å². The predicted molar refractivity (Wildman–Crippen MR) is 104 cm³/mol. The number of thioether (sulfide) groups is 1. The molecule has 142 valence electrons. The van der Waals surface area contributed by atoms with Crippen molar-refractivity contribution in [1.82, 2.24) is 4.98 Å². The average Bonchev–Trinajstić information content (AvgIpc) is 3.32. The lowest BCUT2D eigenvalue weighted by Crippen LogP contribution is -2.16. The van der Waals surface area contributed by atoms with E-state index in [1.807, 2.05) is 19.1 Å². The summed E-state index contributed by atoms with van der Waals surface area (Å²) in [5, 5.41) is 3.35. The number of rotatable bonds is 4. The zero-order valence-electron chi connectivity index (χ0n) is 14.7. The minimum absolute atomic E-state index is 0.0276. The molecule has 0 spiro atoms. The Morgan fingerprint density at radius 2 is 1.86 bits per heavy atom. The maximum Gasteiger partial charge on any atom is 0.261 e.